The number of amides is 1. The van der Waals surface area contributed by atoms with Gasteiger partial charge in [-0.2, -0.15) is 0 Å². The lowest BCUT2D eigenvalue weighted by Crippen LogP contribution is -2.26. The quantitative estimate of drug-likeness (QED) is 0.794. The van der Waals surface area contributed by atoms with Gasteiger partial charge in [0.05, 0.1) is 6.54 Å². The molecule has 0 fully saturated rings. The maximum atomic E-state index is 12.9. The van der Waals surface area contributed by atoms with Gasteiger partial charge in [-0.3, -0.25) is 9.59 Å². The zero-order valence-corrected chi connectivity index (χ0v) is 14.6. The monoisotopic (exact) mass is 346 g/mol. The molecule has 0 aliphatic carbocycles. The number of pyridine rings is 1. The van der Waals surface area contributed by atoms with Gasteiger partial charge in [0.1, 0.15) is 16.5 Å². The molecule has 126 valence electrons. The standard InChI is InChI=1S/C17H19ClN4O2/c1-10-11-7-22(9-13(11)20(2)17(24)15(10)18)16(23)12-8-21-6-4-3-5-14(21)19-12/h8H,3-7,9H2,1-2H3. The Kier molecular flexibility index (Phi) is 3.53. The predicted molar refractivity (Wildman–Crippen MR) is 90.2 cm³/mol. The molecule has 0 saturated heterocycles. The summed E-state index contributed by atoms with van der Waals surface area (Å²) in [7, 11) is 1.70. The van der Waals surface area contributed by atoms with Crippen LogP contribution in [0.15, 0.2) is 11.0 Å². The minimum absolute atomic E-state index is 0.0870. The molecule has 0 unspecified atom stereocenters. The van der Waals surface area contributed by atoms with Crippen molar-refractivity contribution in [1.82, 2.24) is 19.0 Å². The van der Waals surface area contributed by atoms with Crippen LogP contribution >= 0.6 is 11.6 Å². The first-order chi connectivity index (χ1) is 11.5. The number of aromatic nitrogens is 3. The van der Waals surface area contributed by atoms with Gasteiger partial charge in [0.2, 0.25) is 0 Å². The van der Waals surface area contributed by atoms with Gasteiger partial charge in [0, 0.05) is 38.4 Å². The third-order valence-electron chi connectivity index (χ3n) is 5.13. The highest BCUT2D eigenvalue weighted by Gasteiger charge is 2.31. The van der Waals surface area contributed by atoms with Gasteiger partial charge in [0.15, 0.2) is 0 Å². The van der Waals surface area contributed by atoms with Crippen LogP contribution in [0, 0.1) is 6.92 Å². The molecule has 7 heteroatoms. The number of carbonyl (C=O) groups is 1. The number of imidazole rings is 1. The van der Waals surface area contributed by atoms with Gasteiger partial charge in [-0.15, -0.1) is 0 Å². The minimum Gasteiger partial charge on any atom is -0.334 e. The molecular formula is C17H19ClN4O2. The van der Waals surface area contributed by atoms with E-state index in [4.69, 9.17) is 11.6 Å². The van der Waals surface area contributed by atoms with Gasteiger partial charge in [0.25, 0.3) is 11.5 Å². The van der Waals surface area contributed by atoms with Crippen molar-refractivity contribution in [3.05, 3.63) is 49.9 Å². The van der Waals surface area contributed by atoms with Crippen LogP contribution in [-0.4, -0.2) is 24.9 Å². The van der Waals surface area contributed by atoms with Crippen molar-refractivity contribution in [3.8, 4) is 0 Å². The van der Waals surface area contributed by atoms with Gasteiger partial charge in [-0.25, -0.2) is 4.98 Å². The van der Waals surface area contributed by atoms with Crippen LogP contribution in [-0.2, 0) is 33.1 Å². The summed E-state index contributed by atoms with van der Waals surface area (Å²) >= 11 is 6.13. The summed E-state index contributed by atoms with van der Waals surface area (Å²) in [5.74, 6) is 0.906. The number of nitrogens with zero attached hydrogens (tertiary/aromatic N) is 4. The molecule has 0 N–H and O–H groups in total. The Balaban J connectivity index is 1.66. The third-order valence-corrected chi connectivity index (χ3v) is 5.58. The Labute approximate surface area is 144 Å². The Bertz CT molecular complexity index is 889. The summed E-state index contributed by atoms with van der Waals surface area (Å²) in [4.78, 5) is 31.2. The summed E-state index contributed by atoms with van der Waals surface area (Å²) in [6.45, 7) is 3.65. The maximum absolute atomic E-state index is 12.9. The van der Waals surface area contributed by atoms with Crippen molar-refractivity contribution < 1.29 is 4.79 Å². The molecule has 4 heterocycles. The molecule has 24 heavy (non-hydrogen) atoms. The lowest BCUT2D eigenvalue weighted by Gasteiger charge is -2.13. The van der Waals surface area contributed by atoms with Crippen LogP contribution in [0.4, 0.5) is 0 Å². The highest BCUT2D eigenvalue weighted by molar-refractivity contribution is 6.31. The molecule has 0 saturated carbocycles. The molecule has 2 aliphatic rings. The second-order valence-electron chi connectivity index (χ2n) is 6.58. The lowest BCUT2D eigenvalue weighted by molar-refractivity contribution is 0.0744. The molecule has 2 aromatic rings. The van der Waals surface area contributed by atoms with Crippen LogP contribution < -0.4 is 5.56 Å². The average molecular weight is 347 g/mol. The highest BCUT2D eigenvalue weighted by atomic mass is 35.5. The van der Waals surface area contributed by atoms with Gasteiger partial charge in [-0.1, -0.05) is 11.6 Å². The van der Waals surface area contributed by atoms with Crippen LogP contribution in [0.25, 0.3) is 0 Å². The molecule has 2 aliphatic heterocycles. The van der Waals surface area contributed by atoms with E-state index in [9.17, 15) is 9.59 Å². The van der Waals surface area contributed by atoms with Crippen LogP contribution in [0.3, 0.4) is 0 Å². The van der Waals surface area contributed by atoms with E-state index in [0.29, 0.717) is 18.8 Å². The van der Waals surface area contributed by atoms with Crippen LogP contribution in [0.2, 0.25) is 5.02 Å². The minimum atomic E-state index is -0.209. The van der Waals surface area contributed by atoms with Gasteiger partial charge < -0.3 is 14.0 Å². The first kappa shape index (κ1) is 15.4. The summed E-state index contributed by atoms with van der Waals surface area (Å²) in [6.07, 6.45) is 5.04. The predicted octanol–water partition coefficient (Wildman–Crippen LogP) is 2.04. The Morgan fingerprint density at radius 2 is 2.08 bits per heavy atom. The first-order valence-electron chi connectivity index (χ1n) is 8.19. The lowest BCUT2D eigenvalue weighted by atomic mass is 10.1. The number of rotatable bonds is 1. The highest BCUT2D eigenvalue weighted by Crippen LogP contribution is 2.29. The zero-order chi connectivity index (χ0) is 17.0. The summed E-state index contributed by atoms with van der Waals surface area (Å²) in [5.41, 5.74) is 2.89. The topological polar surface area (TPSA) is 60.1 Å². The second kappa shape index (κ2) is 5.48. The number of hydrogen-bond acceptors (Lipinski definition) is 3. The fourth-order valence-corrected chi connectivity index (χ4v) is 3.88. The molecule has 0 spiro atoms. The Morgan fingerprint density at radius 3 is 2.83 bits per heavy atom. The van der Waals surface area contributed by atoms with Gasteiger partial charge >= 0.3 is 0 Å². The largest absolute Gasteiger partial charge is 0.334 e. The molecule has 6 nitrogen and oxygen atoms in total. The number of halogens is 1. The molecule has 0 bridgehead atoms. The average Bonchev–Trinajstić information content (AvgIpc) is 3.21. The molecule has 0 aromatic carbocycles. The second-order valence-corrected chi connectivity index (χ2v) is 6.96. The van der Waals surface area contributed by atoms with Crippen molar-refractivity contribution in [3.63, 3.8) is 0 Å². The number of carbonyl (C=O) groups excluding carboxylic acids is 1. The van der Waals surface area contributed by atoms with E-state index < -0.39 is 0 Å². The summed E-state index contributed by atoms with van der Waals surface area (Å²) in [6, 6.07) is 0. The van der Waals surface area contributed by atoms with E-state index in [1.165, 1.54) is 0 Å². The molecule has 4 rings (SSSR count). The smallest absolute Gasteiger partial charge is 0.274 e. The van der Waals surface area contributed by atoms with Crippen molar-refractivity contribution >= 4 is 17.5 Å². The SMILES string of the molecule is Cc1c2c(n(C)c(=O)c1Cl)CN(C(=O)c1cn3c(n1)CCCC3)C2. The third kappa shape index (κ3) is 2.20. The maximum Gasteiger partial charge on any atom is 0.274 e. The van der Waals surface area contributed by atoms with E-state index in [1.807, 2.05) is 13.1 Å². The number of fused-ring (bicyclic) bond motifs is 2. The Morgan fingerprint density at radius 1 is 1.29 bits per heavy atom. The van der Waals surface area contributed by atoms with Gasteiger partial charge in [-0.05, 0) is 30.9 Å². The van der Waals surface area contributed by atoms with E-state index in [1.54, 1.807) is 16.5 Å². The molecule has 0 atom stereocenters. The number of aryl methyl sites for hydroxylation is 2. The zero-order valence-electron chi connectivity index (χ0n) is 13.8. The Hall–Kier alpha value is -2.08. The van der Waals surface area contributed by atoms with E-state index >= 15 is 0 Å². The fourth-order valence-electron chi connectivity index (χ4n) is 3.64. The molecule has 1 amide bonds. The van der Waals surface area contributed by atoms with E-state index in [-0.39, 0.29) is 16.5 Å². The normalized spacial score (nSPS) is 16.2. The summed E-state index contributed by atoms with van der Waals surface area (Å²) in [5, 5.41) is 0.239. The number of hydrogen-bond donors (Lipinski definition) is 0. The van der Waals surface area contributed by atoms with Crippen molar-refractivity contribution in [2.75, 3.05) is 0 Å². The molecule has 0 radical (unpaired) electrons. The fraction of sp³-hybridized carbons (Fsp3) is 0.471. The molecular weight excluding hydrogens is 328 g/mol. The first-order valence-corrected chi connectivity index (χ1v) is 8.57. The molecule has 2 aromatic heterocycles. The van der Waals surface area contributed by atoms with Crippen molar-refractivity contribution in [2.24, 2.45) is 7.05 Å². The van der Waals surface area contributed by atoms with Crippen molar-refractivity contribution in [1.29, 1.82) is 0 Å². The van der Waals surface area contributed by atoms with E-state index in [0.717, 1.165) is 48.5 Å². The van der Waals surface area contributed by atoms with Crippen molar-refractivity contribution in [2.45, 2.75) is 45.8 Å². The van der Waals surface area contributed by atoms with E-state index in [2.05, 4.69) is 9.55 Å². The van der Waals surface area contributed by atoms with Crippen LogP contribution in [0.1, 0.15) is 46.0 Å². The van der Waals surface area contributed by atoms with Crippen LogP contribution in [0.5, 0.6) is 0 Å². The summed E-state index contributed by atoms with van der Waals surface area (Å²) < 4.78 is 3.63.